The van der Waals surface area contributed by atoms with Crippen LogP contribution in [0, 0.1) is 0 Å². The fourth-order valence-electron chi connectivity index (χ4n) is 3.19. The molecule has 1 aliphatic heterocycles. The first-order valence-electron chi connectivity index (χ1n) is 9.02. The first kappa shape index (κ1) is 17.3. The molecule has 2 nitrogen and oxygen atoms in total. The van der Waals surface area contributed by atoms with Gasteiger partial charge < -0.3 is 9.64 Å². The SMILES string of the molecule is CC(C)(C)c1ccccc1OCCCCCN1CCCCC1. The van der Waals surface area contributed by atoms with Gasteiger partial charge in [-0.1, -0.05) is 45.4 Å². The van der Waals surface area contributed by atoms with Crippen molar-refractivity contribution < 1.29 is 4.74 Å². The molecule has 124 valence electrons. The highest BCUT2D eigenvalue weighted by molar-refractivity contribution is 5.38. The lowest BCUT2D eigenvalue weighted by molar-refractivity contribution is 0.220. The molecule has 22 heavy (non-hydrogen) atoms. The summed E-state index contributed by atoms with van der Waals surface area (Å²) >= 11 is 0. The van der Waals surface area contributed by atoms with Crippen molar-refractivity contribution in [2.24, 2.45) is 0 Å². The Hall–Kier alpha value is -1.02. The molecule has 1 aliphatic rings. The molecule has 0 amide bonds. The van der Waals surface area contributed by atoms with Gasteiger partial charge in [0.05, 0.1) is 6.61 Å². The number of para-hydroxylation sites is 1. The Morgan fingerprint density at radius 2 is 1.68 bits per heavy atom. The third kappa shape index (κ3) is 5.64. The van der Waals surface area contributed by atoms with Crippen LogP contribution in [0.1, 0.15) is 64.9 Å². The maximum atomic E-state index is 6.04. The molecule has 0 aromatic heterocycles. The van der Waals surface area contributed by atoms with Crippen molar-refractivity contribution in [3.63, 3.8) is 0 Å². The molecule has 0 spiro atoms. The molecule has 0 saturated carbocycles. The van der Waals surface area contributed by atoms with Gasteiger partial charge in [-0.3, -0.25) is 0 Å². The molecule has 0 radical (unpaired) electrons. The fraction of sp³-hybridized carbons (Fsp3) is 0.700. The zero-order valence-electron chi connectivity index (χ0n) is 14.7. The van der Waals surface area contributed by atoms with Crippen molar-refractivity contribution in [1.82, 2.24) is 4.90 Å². The molecule has 0 unspecified atom stereocenters. The minimum atomic E-state index is 0.144. The Balaban J connectivity index is 1.64. The van der Waals surface area contributed by atoms with Gasteiger partial charge in [0.1, 0.15) is 5.75 Å². The van der Waals surface area contributed by atoms with Gasteiger partial charge in [0.2, 0.25) is 0 Å². The third-order valence-corrected chi connectivity index (χ3v) is 4.52. The first-order valence-corrected chi connectivity index (χ1v) is 9.02. The van der Waals surface area contributed by atoms with E-state index in [1.165, 1.54) is 57.3 Å². The highest BCUT2D eigenvalue weighted by Gasteiger charge is 2.18. The Labute approximate surface area is 136 Å². The number of likely N-dealkylation sites (tertiary alicyclic amines) is 1. The second kappa shape index (κ2) is 8.57. The second-order valence-corrected chi connectivity index (χ2v) is 7.56. The average molecular weight is 303 g/mol. The van der Waals surface area contributed by atoms with Crippen LogP contribution in [0.3, 0.4) is 0 Å². The van der Waals surface area contributed by atoms with Crippen molar-refractivity contribution in [3.8, 4) is 5.75 Å². The number of rotatable bonds is 7. The van der Waals surface area contributed by atoms with Crippen molar-refractivity contribution >= 4 is 0 Å². The molecular formula is C20H33NO. The largest absolute Gasteiger partial charge is 0.493 e. The van der Waals surface area contributed by atoms with Gasteiger partial charge in [0.15, 0.2) is 0 Å². The summed E-state index contributed by atoms with van der Waals surface area (Å²) in [6, 6.07) is 8.47. The van der Waals surface area contributed by atoms with Gasteiger partial charge in [-0.15, -0.1) is 0 Å². The Kier molecular flexibility index (Phi) is 6.75. The maximum absolute atomic E-state index is 6.04. The lowest BCUT2D eigenvalue weighted by atomic mass is 9.86. The lowest BCUT2D eigenvalue weighted by Crippen LogP contribution is -2.30. The Morgan fingerprint density at radius 3 is 2.41 bits per heavy atom. The molecule has 1 fully saturated rings. The standard InChI is InChI=1S/C20H33NO/c1-20(2,3)18-12-6-7-13-19(18)22-17-11-5-10-16-21-14-8-4-9-15-21/h6-7,12-13H,4-5,8-11,14-17H2,1-3H3. The molecule has 1 aromatic rings. The van der Waals surface area contributed by atoms with Gasteiger partial charge in [-0.2, -0.15) is 0 Å². The average Bonchev–Trinajstić information content (AvgIpc) is 2.51. The molecule has 1 aromatic carbocycles. The normalized spacial score (nSPS) is 16.7. The van der Waals surface area contributed by atoms with E-state index in [1.54, 1.807) is 0 Å². The van der Waals surface area contributed by atoms with Gasteiger partial charge in [0, 0.05) is 0 Å². The van der Waals surface area contributed by atoms with E-state index in [9.17, 15) is 0 Å². The minimum Gasteiger partial charge on any atom is -0.493 e. The number of hydrogen-bond donors (Lipinski definition) is 0. The number of hydrogen-bond acceptors (Lipinski definition) is 2. The summed E-state index contributed by atoms with van der Waals surface area (Å²) < 4.78 is 6.04. The molecule has 1 saturated heterocycles. The van der Waals surface area contributed by atoms with Crippen LogP contribution in [0.2, 0.25) is 0 Å². The van der Waals surface area contributed by atoms with Gasteiger partial charge in [-0.25, -0.2) is 0 Å². The van der Waals surface area contributed by atoms with Crippen LogP contribution >= 0.6 is 0 Å². The van der Waals surface area contributed by atoms with Crippen LogP contribution in [-0.2, 0) is 5.41 Å². The summed E-state index contributed by atoms with van der Waals surface area (Å²) in [6.45, 7) is 11.5. The predicted octanol–water partition coefficient (Wildman–Crippen LogP) is 5.02. The van der Waals surface area contributed by atoms with Crippen molar-refractivity contribution in [3.05, 3.63) is 29.8 Å². The summed E-state index contributed by atoms with van der Waals surface area (Å²) in [7, 11) is 0. The zero-order chi connectivity index (χ0) is 15.8. The van der Waals surface area contributed by atoms with E-state index in [2.05, 4.69) is 49.9 Å². The van der Waals surface area contributed by atoms with E-state index in [0.29, 0.717) is 0 Å². The maximum Gasteiger partial charge on any atom is 0.123 e. The number of ether oxygens (including phenoxy) is 1. The second-order valence-electron chi connectivity index (χ2n) is 7.56. The molecule has 0 bridgehead atoms. The van der Waals surface area contributed by atoms with Gasteiger partial charge in [0.25, 0.3) is 0 Å². The topological polar surface area (TPSA) is 12.5 Å². The van der Waals surface area contributed by atoms with Crippen molar-refractivity contribution in [2.75, 3.05) is 26.2 Å². The quantitative estimate of drug-likeness (QED) is 0.656. The van der Waals surface area contributed by atoms with E-state index in [4.69, 9.17) is 4.74 Å². The monoisotopic (exact) mass is 303 g/mol. The number of piperidine rings is 1. The van der Waals surface area contributed by atoms with Crippen molar-refractivity contribution in [1.29, 1.82) is 0 Å². The van der Waals surface area contributed by atoms with Crippen LogP contribution in [-0.4, -0.2) is 31.1 Å². The van der Waals surface area contributed by atoms with E-state index in [1.807, 2.05) is 0 Å². The van der Waals surface area contributed by atoms with E-state index in [-0.39, 0.29) is 5.41 Å². The third-order valence-electron chi connectivity index (χ3n) is 4.52. The molecule has 2 heteroatoms. The zero-order valence-corrected chi connectivity index (χ0v) is 14.7. The molecule has 1 heterocycles. The highest BCUT2D eigenvalue weighted by Crippen LogP contribution is 2.31. The lowest BCUT2D eigenvalue weighted by Gasteiger charge is -2.26. The van der Waals surface area contributed by atoms with Crippen LogP contribution in [0.15, 0.2) is 24.3 Å². The number of nitrogens with zero attached hydrogens (tertiary/aromatic N) is 1. The predicted molar refractivity (Wildman–Crippen MR) is 94.8 cm³/mol. The summed E-state index contributed by atoms with van der Waals surface area (Å²) in [5, 5.41) is 0. The molecule has 0 N–H and O–H groups in total. The van der Waals surface area contributed by atoms with Crippen LogP contribution in [0.25, 0.3) is 0 Å². The summed E-state index contributed by atoms with van der Waals surface area (Å²) in [6.07, 6.45) is 7.96. The summed E-state index contributed by atoms with van der Waals surface area (Å²) in [4.78, 5) is 2.62. The summed E-state index contributed by atoms with van der Waals surface area (Å²) in [5.41, 5.74) is 1.45. The van der Waals surface area contributed by atoms with Gasteiger partial charge >= 0.3 is 0 Å². The molecular weight excluding hydrogens is 270 g/mol. The first-order chi connectivity index (χ1) is 10.6. The van der Waals surface area contributed by atoms with Crippen LogP contribution in [0.5, 0.6) is 5.75 Å². The van der Waals surface area contributed by atoms with Crippen LogP contribution in [0.4, 0.5) is 0 Å². The van der Waals surface area contributed by atoms with E-state index < -0.39 is 0 Å². The van der Waals surface area contributed by atoms with Crippen LogP contribution < -0.4 is 4.74 Å². The Bertz CT molecular complexity index is 430. The molecule has 2 rings (SSSR count). The minimum absolute atomic E-state index is 0.144. The van der Waals surface area contributed by atoms with Crippen molar-refractivity contribution in [2.45, 2.75) is 64.7 Å². The van der Waals surface area contributed by atoms with E-state index >= 15 is 0 Å². The Morgan fingerprint density at radius 1 is 0.955 bits per heavy atom. The molecule has 0 aliphatic carbocycles. The summed E-state index contributed by atoms with van der Waals surface area (Å²) in [5.74, 6) is 1.06. The molecule has 0 atom stereocenters. The fourth-order valence-corrected chi connectivity index (χ4v) is 3.19. The van der Waals surface area contributed by atoms with E-state index in [0.717, 1.165) is 18.8 Å². The highest BCUT2D eigenvalue weighted by atomic mass is 16.5. The number of benzene rings is 1. The number of unbranched alkanes of at least 4 members (excludes halogenated alkanes) is 2. The smallest absolute Gasteiger partial charge is 0.123 e. The van der Waals surface area contributed by atoms with Gasteiger partial charge in [-0.05, 0) is 68.8 Å².